The van der Waals surface area contributed by atoms with Crippen molar-refractivity contribution in [2.24, 2.45) is 11.7 Å². The molecule has 112 valence electrons. The van der Waals surface area contributed by atoms with Crippen molar-refractivity contribution in [1.82, 2.24) is 9.80 Å². The summed E-state index contributed by atoms with van der Waals surface area (Å²) < 4.78 is 37.1. The lowest BCUT2D eigenvalue weighted by molar-refractivity contribution is -0.151. The highest BCUT2D eigenvalue weighted by Gasteiger charge is 2.45. The zero-order chi connectivity index (χ0) is 14.1. The number of alkyl halides is 3. The van der Waals surface area contributed by atoms with Gasteiger partial charge in [0.2, 0.25) is 0 Å². The summed E-state index contributed by atoms with van der Waals surface area (Å²) in [7, 11) is 0. The van der Waals surface area contributed by atoms with Crippen LogP contribution in [0, 0.1) is 5.92 Å². The maximum Gasteiger partial charge on any atom is 0.401 e. The van der Waals surface area contributed by atoms with Gasteiger partial charge in [-0.2, -0.15) is 13.2 Å². The molecule has 1 aliphatic carbocycles. The largest absolute Gasteiger partial charge is 0.401 e. The molecule has 0 bridgehead atoms. The van der Waals surface area contributed by atoms with Crippen molar-refractivity contribution in [1.29, 1.82) is 0 Å². The van der Waals surface area contributed by atoms with Crippen molar-refractivity contribution in [3.05, 3.63) is 0 Å². The minimum Gasteiger partial charge on any atom is -0.329 e. The molecule has 2 aliphatic rings. The van der Waals surface area contributed by atoms with Crippen LogP contribution in [-0.4, -0.2) is 60.8 Å². The van der Waals surface area contributed by atoms with Crippen LogP contribution in [-0.2, 0) is 0 Å². The van der Waals surface area contributed by atoms with Gasteiger partial charge in [0.1, 0.15) is 0 Å². The molecule has 0 aromatic rings. The Bertz CT molecular complexity index is 300. The van der Waals surface area contributed by atoms with E-state index in [2.05, 4.69) is 11.8 Å². The summed E-state index contributed by atoms with van der Waals surface area (Å²) in [6, 6.07) is 0. The average molecular weight is 279 g/mol. The second-order valence-electron chi connectivity index (χ2n) is 5.98. The Morgan fingerprint density at radius 1 is 1.21 bits per heavy atom. The quantitative estimate of drug-likeness (QED) is 0.853. The van der Waals surface area contributed by atoms with Gasteiger partial charge in [0.05, 0.1) is 6.54 Å². The van der Waals surface area contributed by atoms with E-state index in [1.165, 1.54) is 17.7 Å². The zero-order valence-electron chi connectivity index (χ0n) is 11.5. The summed E-state index contributed by atoms with van der Waals surface area (Å²) in [6.45, 7) is 4.46. The maximum absolute atomic E-state index is 12.4. The number of nitrogens with zero attached hydrogens (tertiary/aromatic N) is 2. The third-order valence-electron chi connectivity index (χ3n) is 4.92. The molecule has 0 amide bonds. The molecule has 1 saturated heterocycles. The summed E-state index contributed by atoms with van der Waals surface area (Å²) >= 11 is 0. The third kappa shape index (κ3) is 3.23. The van der Waals surface area contributed by atoms with Gasteiger partial charge in [-0.05, 0) is 18.8 Å². The minimum atomic E-state index is -4.09. The number of hydrogen-bond acceptors (Lipinski definition) is 3. The van der Waals surface area contributed by atoms with Crippen LogP contribution in [0.4, 0.5) is 13.2 Å². The first-order valence-corrected chi connectivity index (χ1v) is 7.11. The van der Waals surface area contributed by atoms with Crippen LogP contribution in [0.2, 0.25) is 0 Å². The van der Waals surface area contributed by atoms with E-state index in [0.717, 1.165) is 6.42 Å². The van der Waals surface area contributed by atoms with Gasteiger partial charge in [0, 0.05) is 38.3 Å². The number of piperazine rings is 1. The van der Waals surface area contributed by atoms with E-state index >= 15 is 0 Å². The molecule has 1 aliphatic heterocycles. The second kappa shape index (κ2) is 5.58. The number of hydrogen-bond donors (Lipinski definition) is 1. The smallest absolute Gasteiger partial charge is 0.329 e. The Kier molecular flexibility index (Phi) is 4.42. The lowest BCUT2D eigenvalue weighted by atomic mass is 9.86. The molecule has 0 radical (unpaired) electrons. The Morgan fingerprint density at radius 2 is 1.84 bits per heavy atom. The highest BCUT2D eigenvalue weighted by atomic mass is 19.4. The van der Waals surface area contributed by atoms with Crippen molar-refractivity contribution in [2.45, 2.75) is 37.9 Å². The molecule has 2 atom stereocenters. The molecule has 3 nitrogen and oxygen atoms in total. The van der Waals surface area contributed by atoms with Crippen LogP contribution in [0.15, 0.2) is 0 Å². The highest BCUT2D eigenvalue weighted by molar-refractivity contribution is 5.01. The first-order chi connectivity index (χ1) is 8.87. The average Bonchev–Trinajstić information content (AvgIpc) is 2.70. The third-order valence-corrected chi connectivity index (χ3v) is 4.92. The van der Waals surface area contributed by atoms with Gasteiger partial charge in [0.25, 0.3) is 0 Å². The van der Waals surface area contributed by atoms with Gasteiger partial charge in [-0.1, -0.05) is 13.3 Å². The van der Waals surface area contributed by atoms with Crippen molar-refractivity contribution >= 4 is 0 Å². The van der Waals surface area contributed by atoms with Crippen molar-refractivity contribution in [2.75, 3.05) is 39.3 Å². The summed E-state index contributed by atoms with van der Waals surface area (Å²) in [5.41, 5.74) is 6.02. The summed E-state index contributed by atoms with van der Waals surface area (Å²) in [6.07, 6.45) is -0.639. The van der Waals surface area contributed by atoms with Crippen LogP contribution in [0.1, 0.15) is 26.2 Å². The topological polar surface area (TPSA) is 32.5 Å². The van der Waals surface area contributed by atoms with Gasteiger partial charge in [-0.15, -0.1) is 0 Å². The first-order valence-electron chi connectivity index (χ1n) is 7.11. The molecule has 0 spiro atoms. The van der Waals surface area contributed by atoms with Crippen LogP contribution in [0.25, 0.3) is 0 Å². The van der Waals surface area contributed by atoms with Crippen LogP contribution in [0.5, 0.6) is 0 Å². The maximum atomic E-state index is 12.4. The van der Waals surface area contributed by atoms with Crippen LogP contribution >= 0.6 is 0 Å². The van der Waals surface area contributed by atoms with Crippen molar-refractivity contribution in [3.63, 3.8) is 0 Å². The summed E-state index contributed by atoms with van der Waals surface area (Å²) in [4.78, 5) is 3.85. The van der Waals surface area contributed by atoms with Crippen LogP contribution in [0.3, 0.4) is 0 Å². The van der Waals surface area contributed by atoms with Gasteiger partial charge >= 0.3 is 6.18 Å². The molecule has 6 heteroatoms. The molecule has 1 saturated carbocycles. The molecule has 2 rings (SSSR count). The molecule has 2 fully saturated rings. The fraction of sp³-hybridized carbons (Fsp3) is 1.00. The first kappa shape index (κ1) is 15.1. The van der Waals surface area contributed by atoms with E-state index in [0.29, 0.717) is 38.6 Å². The molecule has 2 N–H and O–H groups in total. The summed E-state index contributed by atoms with van der Waals surface area (Å²) in [5, 5.41) is 0. The molecular formula is C13H24F3N3. The number of halogens is 3. The van der Waals surface area contributed by atoms with E-state index < -0.39 is 12.7 Å². The van der Waals surface area contributed by atoms with E-state index in [1.807, 2.05) is 0 Å². The van der Waals surface area contributed by atoms with E-state index in [4.69, 9.17) is 5.73 Å². The Morgan fingerprint density at radius 3 is 2.26 bits per heavy atom. The molecule has 2 unspecified atom stereocenters. The molecule has 0 aromatic heterocycles. The lowest BCUT2D eigenvalue weighted by Gasteiger charge is -2.48. The molecule has 1 heterocycles. The van der Waals surface area contributed by atoms with E-state index in [9.17, 15) is 13.2 Å². The number of nitrogens with two attached hydrogens (primary N) is 1. The minimum absolute atomic E-state index is 0.0321. The Labute approximate surface area is 112 Å². The normalized spacial score (nSPS) is 34.9. The predicted octanol–water partition coefficient (Wildman–Crippen LogP) is 1.68. The lowest BCUT2D eigenvalue weighted by Crippen LogP contribution is -2.62. The standard InChI is InChI=1S/C13H24F3N3/c1-11-3-2-4-12(11,9-17)19-7-5-18(6-8-19)10-13(14,15)16/h11H,2-10,17H2,1H3. The fourth-order valence-electron chi connectivity index (χ4n) is 3.74. The van der Waals surface area contributed by atoms with E-state index in [1.54, 1.807) is 0 Å². The molecular weight excluding hydrogens is 255 g/mol. The fourth-order valence-corrected chi connectivity index (χ4v) is 3.74. The summed E-state index contributed by atoms with van der Waals surface area (Å²) in [5.74, 6) is 0.548. The van der Waals surface area contributed by atoms with Gasteiger partial charge in [0.15, 0.2) is 0 Å². The molecule has 19 heavy (non-hydrogen) atoms. The SMILES string of the molecule is CC1CCCC1(CN)N1CCN(CC(F)(F)F)CC1. The predicted molar refractivity (Wildman–Crippen MR) is 68.9 cm³/mol. The van der Waals surface area contributed by atoms with Gasteiger partial charge < -0.3 is 5.73 Å². The van der Waals surface area contributed by atoms with Gasteiger partial charge in [-0.3, -0.25) is 9.80 Å². The zero-order valence-corrected chi connectivity index (χ0v) is 11.5. The van der Waals surface area contributed by atoms with Crippen molar-refractivity contribution in [3.8, 4) is 0 Å². The molecule has 0 aromatic carbocycles. The monoisotopic (exact) mass is 279 g/mol. The number of rotatable bonds is 3. The van der Waals surface area contributed by atoms with Crippen LogP contribution < -0.4 is 5.73 Å². The Balaban J connectivity index is 1.92. The highest BCUT2D eigenvalue weighted by Crippen LogP contribution is 2.40. The Hall–Kier alpha value is -0.330. The van der Waals surface area contributed by atoms with E-state index in [-0.39, 0.29) is 5.54 Å². The van der Waals surface area contributed by atoms with Gasteiger partial charge in [-0.25, -0.2) is 0 Å². The second-order valence-corrected chi connectivity index (χ2v) is 5.98. The van der Waals surface area contributed by atoms with Crippen molar-refractivity contribution < 1.29 is 13.2 Å².